The van der Waals surface area contributed by atoms with Gasteiger partial charge in [0, 0.05) is 19.1 Å². The van der Waals surface area contributed by atoms with E-state index in [2.05, 4.69) is 0 Å². The van der Waals surface area contributed by atoms with E-state index >= 15 is 0 Å². The largest absolute Gasteiger partial charge is 0.465 e. The Kier molecular flexibility index (Phi) is 5.01. The van der Waals surface area contributed by atoms with E-state index in [1.54, 1.807) is 0 Å². The minimum Gasteiger partial charge on any atom is -0.465 e. The minimum atomic E-state index is -0.407. The average Bonchev–Trinajstić information content (AvgIpc) is 2.79. The molecule has 1 aliphatic heterocycles. The summed E-state index contributed by atoms with van der Waals surface area (Å²) in [5.74, 6) is 0.313. The maximum Gasteiger partial charge on any atom is 0.313 e. The summed E-state index contributed by atoms with van der Waals surface area (Å²) < 4.78 is 10.8. The van der Waals surface area contributed by atoms with E-state index in [4.69, 9.17) is 15.2 Å². The van der Waals surface area contributed by atoms with Gasteiger partial charge in [0.25, 0.3) is 0 Å². The van der Waals surface area contributed by atoms with Crippen molar-refractivity contribution in [2.24, 2.45) is 17.1 Å². The third-order valence-electron chi connectivity index (χ3n) is 4.36. The molecule has 0 aromatic rings. The Labute approximate surface area is 109 Å². The zero-order valence-electron chi connectivity index (χ0n) is 11.2. The van der Waals surface area contributed by atoms with Gasteiger partial charge in [-0.2, -0.15) is 0 Å². The first-order chi connectivity index (χ1) is 8.77. The van der Waals surface area contributed by atoms with Gasteiger partial charge in [-0.25, -0.2) is 0 Å². The fraction of sp³-hybridized carbons (Fsp3) is 0.929. The Morgan fingerprint density at radius 2 is 2.00 bits per heavy atom. The number of carbonyl (C=O) groups excluding carboxylic acids is 1. The van der Waals surface area contributed by atoms with Gasteiger partial charge in [0.2, 0.25) is 0 Å². The highest BCUT2D eigenvalue weighted by molar-refractivity contribution is 5.77. The van der Waals surface area contributed by atoms with E-state index in [1.807, 2.05) is 0 Å². The fourth-order valence-corrected chi connectivity index (χ4v) is 2.96. The van der Waals surface area contributed by atoms with Gasteiger partial charge < -0.3 is 15.2 Å². The molecule has 2 aliphatic rings. The molecule has 0 radical (unpaired) electrons. The Bertz CT molecular complexity index is 266. The lowest BCUT2D eigenvalue weighted by atomic mass is 9.80. The molecule has 2 N–H and O–H groups in total. The highest BCUT2D eigenvalue weighted by Crippen LogP contribution is 2.35. The number of nitrogens with two attached hydrogens (primary N) is 1. The number of rotatable bonds is 4. The molecule has 0 amide bonds. The summed E-state index contributed by atoms with van der Waals surface area (Å²) in [6.45, 7) is 2.45. The van der Waals surface area contributed by atoms with E-state index in [0.717, 1.165) is 45.3 Å². The lowest BCUT2D eigenvalue weighted by molar-refractivity contribution is -0.157. The van der Waals surface area contributed by atoms with Crippen LogP contribution in [0.1, 0.15) is 44.9 Å². The molecule has 0 spiro atoms. The Morgan fingerprint density at radius 3 is 2.56 bits per heavy atom. The zero-order valence-corrected chi connectivity index (χ0v) is 11.2. The van der Waals surface area contributed by atoms with Crippen molar-refractivity contribution in [1.29, 1.82) is 0 Å². The van der Waals surface area contributed by atoms with Crippen molar-refractivity contribution in [2.75, 3.05) is 26.4 Å². The molecule has 4 nitrogen and oxygen atoms in total. The number of hydrogen-bond donors (Lipinski definition) is 1. The van der Waals surface area contributed by atoms with Gasteiger partial charge in [-0.3, -0.25) is 4.79 Å². The molecule has 2 rings (SSSR count). The van der Waals surface area contributed by atoms with Crippen LogP contribution in [-0.4, -0.2) is 32.3 Å². The predicted molar refractivity (Wildman–Crippen MR) is 69.1 cm³/mol. The van der Waals surface area contributed by atoms with Crippen molar-refractivity contribution < 1.29 is 14.3 Å². The molecule has 4 heteroatoms. The van der Waals surface area contributed by atoms with E-state index in [1.165, 1.54) is 12.8 Å². The van der Waals surface area contributed by atoms with E-state index in [9.17, 15) is 4.79 Å². The third kappa shape index (κ3) is 3.23. The van der Waals surface area contributed by atoms with Crippen LogP contribution < -0.4 is 5.73 Å². The molecule has 0 aromatic heterocycles. The molecule has 1 heterocycles. The lowest BCUT2D eigenvalue weighted by Gasteiger charge is -2.29. The molecular weight excluding hydrogens is 230 g/mol. The first kappa shape index (κ1) is 13.8. The molecule has 1 aliphatic carbocycles. The minimum absolute atomic E-state index is 0.0706. The van der Waals surface area contributed by atoms with Gasteiger partial charge in [0.05, 0.1) is 18.6 Å². The van der Waals surface area contributed by atoms with Crippen molar-refractivity contribution in [3.05, 3.63) is 0 Å². The van der Waals surface area contributed by atoms with Gasteiger partial charge in [-0.15, -0.1) is 0 Å². The van der Waals surface area contributed by atoms with Crippen LogP contribution in [0, 0.1) is 11.3 Å². The Hall–Kier alpha value is -0.610. The van der Waals surface area contributed by atoms with Crippen LogP contribution >= 0.6 is 0 Å². The highest BCUT2D eigenvalue weighted by Gasteiger charge is 2.39. The van der Waals surface area contributed by atoms with Gasteiger partial charge in [-0.1, -0.05) is 25.7 Å². The summed E-state index contributed by atoms with van der Waals surface area (Å²) in [6.07, 6.45) is 7.41. The zero-order chi connectivity index (χ0) is 12.8. The number of carbonyl (C=O) groups is 1. The number of esters is 1. The summed E-state index contributed by atoms with van der Waals surface area (Å²) in [4.78, 5) is 12.3. The predicted octanol–water partition coefficient (Wildman–Crippen LogP) is 1.87. The topological polar surface area (TPSA) is 61.6 Å². The van der Waals surface area contributed by atoms with Crippen molar-refractivity contribution >= 4 is 5.97 Å². The molecule has 1 saturated carbocycles. The average molecular weight is 255 g/mol. The molecule has 1 saturated heterocycles. The molecular formula is C14H25NO3. The monoisotopic (exact) mass is 255 g/mol. The maximum atomic E-state index is 12.3. The Morgan fingerprint density at radius 1 is 1.28 bits per heavy atom. The second kappa shape index (κ2) is 6.53. The lowest BCUT2D eigenvalue weighted by Crippen LogP contribution is -2.40. The van der Waals surface area contributed by atoms with Crippen LogP contribution in [0.2, 0.25) is 0 Å². The van der Waals surface area contributed by atoms with Gasteiger partial charge in [0.15, 0.2) is 0 Å². The van der Waals surface area contributed by atoms with Gasteiger partial charge in [-0.05, 0) is 19.3 Å². The molecule has 0 bridgehead atoms. The van der Waals surface area contributed by atoms with Crippen LogP contribution in [0.25, 0.3) is 0 Å². The third-order valence-corrected chi connectivity index (χ3v) is 4.36. The molecule has 1 unspecified atom stereocenters. The van der Waals surface area contributed by atoms with Crippen LogP contribution in [0.5, 0.6) is 0 Å². The Balaban J connectivity index is 1.86. The van der Waals surface area contributed by atoms with Crippen molar-refractivity contribution in [3.8, 4) is 0 Å². The normalized spacial score (nSPS) is 27.7. The number of hydrogen-bond acceptors (Lipinski definition) is 4. The summed E-state index contributed by atoms with van der Waals surface area (Å²) in [5, 5.41) is 0. The standard InChI is InChI=1S/C14H25NO3/c15-11-14(6-3-1-2-4-7-14)13(16)18-10-12-5-8-17-9-12/h12H,1-11,15H2. The van der Waals surface area contributed by atoms with Crippen LogP contribution in [0.4, 0.5) is 0 Å². The quantitative estimate of drug-likeness (QED) is 0.615. The van der Waals surface area contributed by atoms with Crippen molar-refractivity contribution in [2.45, 2.75) is 44.9 Å². The molecule has 0 aromatic carbocycles. The number of ether oxygens (including phenoxy) is 2. The maximum absolute atomic E-state index is 12.3. The summed E-state index contributed by atoms with van der Waals surface area (Å²) >= 11 is 0. The molecule has 2 fully saturated rings. The summed E-state index contributed by atoms with van der Waals surface area (Å²) in [6, 6.07) is 0. The smallest absolute Gasteiger partial charge is 0.313 e. The summed E-state index contributed by atoms with van der Waals surface area (Å²) in [5.41, 5.74) is 5.46. The van der Waals surface area contributed by atoms with Crippen molar-refractivity contribution in [3.63, 3.8) is 0 Å². The first-order valence-corrected chi connectivity index (χ1v) is 7.22. The molecule has 104 valence electrons. The van der Waals surface area contributed by atoms with E-state index in [-0.39, 0.29) is 5.97 Å². The van der Waals surface area contributed by atoms with Crippen LogP contribution in [-0.2, 0) is 14.3 Å². The van der Waals surface area contributed by atoms with Gasteiger partial charge in [0.1, 0.15) is 0 Å². The van der Waals surface area contributed by atoms with E-state index in [0.29, 0.717) is 19.1 Å². The second-order valence-electron chi connectivity index (χ2n) is 5.73. The van der Waals surface area contributed by atoms with Crippen LogP contribution in [0.3, 0.4) is 0 Å². The molecule has 18 heavy (non-hydrogen) atoms. The van der Waals surface area contributed by atoms with Gasteiger partial charge >= 0.3 is 5.97 Å². The second-order valence-corrected chi connectivity index (χ2v) is 5.73. The first-order valence-electron chi connectivity index (χ1n) is 7.22. The van der Waals surface area contributed by atoms with Crippen molar-refractivity contribution in [1.82, 2.24) is 0 Å². The fourth-order valence-electron chi connectivity index (χ4n) is 2.96. The SMILES string of the molecule is NCC1(C(=O)OCC2CCOC2)CCCCCC1. The summed E-state index contributed by atoms with van der Waals surface area (Å²) in [7, 11) is 0. The highest BCUT2D eigenvalue weighted by atomic mass is 16.5. The van der Waals surface area contributed by atoms with Crippen LogP contribution in [0.15, 0.2) is 0 Å². The molecule has 1 atom stereocenters. The van der Waals surface area contributed by atoms with E-state index < -0.39 is 5.41 Å².